The number of benzene rings is 1. The number of hydrogen-bond donors (Lipinski definition) is 3. The van der Waals surface area contributed by atoms with Crippen LogP contribution in [0.2, 0.25) is 0 Å². The maximum Gasteiger partial charge on any atom is 0.328 e. The van der Waals surface area contributed by atoms with Gasteiger partial charge in [0.2, 0.25) is 0 Å². The summed E-state index contributed by atoms with van der Waals surface area (Å²) in [6.45, 7) is 2.16. The zero-order chi connectivity index (χ0) is 14.5. The zero-order valence-corrected chi connectivity index (χ0v) is 11.3. The molecular formula is C15H18N2O3. The number of carbonyl (C=O) groups excluding carboxylic acids is 1. The summed E-state index contributed by atoms with van der Waals surface area (Å²) in [5.74, 6) is -0.315. The number of amides is 2. The molecule has 0 unspecified atom stereocenters. The Morgan fingerprint density at radius 2 is 2.10 bits per heavy atom. The number of aliphatic carboxylic acids is 1. The molecule has 0 spiro atoms. The number of rotatable bonds is 4. The highest BCUT2D eigenvalue weighted by Gasteiger charge is 2.26. The number of carboxylic acid groups (broad SMARTS) is 1. The van der Waals surface area contributed by atoms with Crippen LogP contribution in [0.4, 0.5) is 10.5 Å². The van der Waals surface area contributed by atoms with Gasteiger partial charge in [0.15, 0.2) is 0 Å². The minimum absolute atomic E-state index is 0.221. The van der Waals surface area contributed by atoms with Crippen LogP contribution in [-0.4, -0.2) is 23.1 Å². The van der Waals surface area contributed by atoms with Gasteiger partial charge in [-0.2, -0.15) is 0 Å². The normalized spacial score (nSPS) is 21.2. The van der Waals surface area contributed by atoms with Crippen molar-refractivity contribution in [3.05, 3.63) is 35.9 Å². The van der Waals surface area contributed by atoms with E-state index >= 15 is 0 Å². The average Bonchev–Trinajstić information content (AvgIpc) is 2.35. The van der Waals surface area contributed by atoms with Crippen molar-refractivity contribution in [1.82, 2.24) is 5.32 Å². The molecule has 0 aliphatic heterocycles. The Kier molecular flexibility index (Phi) is 4.40. The average molecular weight is 274 g/mol. The van der Waals surface area contributed by atoms with Gasteiger partial charge < -0.3 is 15.7 Å². The second-order valence-corrected chi connectivity index (χ2v) is 5.17. The first kappa shape index (κ1) is 14.1. The van der Waals surface area contributed by atoms with E-state index in [0.717, 1.165) is 24.5 Å². The molecule has 0 bridgehead atoms. The van der Waals surface area contributed by atoms with Crippen LogP contribution in [0, 0.1) is 5.92 Å². The summed E-state index contributed by atoms with van der Waals surface area (Å²) < 4.78 is 0. The molecule has 2 rings (SSSR count). The van der Waals surface area contributed by atoms with E-state index in [1.165, 1.54) is 6.08 Å². The smallest absolute Gasteiger partial charge is 0.328 e. The summed E-state index contributed by atoms with van der Waals surface area (Å²) in [5.41, 5.74) is 1.37. The number of urea groups is 1. The van der Waals surface area contributed by atoms with Gasteiger partial charge >= 0.3 is 12.0 Å². The largest absolute Gasteiger partial charge is 0.478 e. The summed E-state index contributed by atoms with van der Waals surface area (Å²) in [6.07, 6.45) is 4.59. The third-order valence-electron chi connectivity index (χ3n) is 3.27. The second-order valence-electron chi connectivity index (χ2n) is 5.17. The van der Waals surface area contributed by atoms with E-state index in [9.17, 15) is 9.59 Å². The summed E-state index contributed by atoms with van der Waals surface area (Å²) in [4.78, 5) is 22.2. The third kappa shape index (κ3) is 4.12. The Balaban J connectivity index is 1.90. The lowest BCUT2D eigenvalue weighted by Gasteiger charge is -2.33. The van der Waals surface area contributed by atoms with Crippen LogP contribution in [0.3, 0.4) is 0 Å². The molecule has 5 heteroatoms. The first-order valence-electron chi connectivity index (χ1n) is 6.61. The number of carboxylic acids is 1. The molecule has 1 aromatic rings. The van der Waals surface area contributed by atoms with Crippen molar-refractivity contribution < 1.29 is 14.7 Å². The van der Waals surface area contributed by atoms with Gasteiger partial charge in [0, 0.05) is 17.8 Å². The topological polar surface area (TPSA) is 78.4 Å². The van der Waals surface area contributed by atoms with Gasteiger partial charge in [-0.1, -0.05) is 19.1 Å². The van der Waals surface area contributed by atoms with Crippen molar-refractivity contribution >= 4 is 23.8 Å². The predicted octanol–water partition coefficient (Wildman–Crippen LogP) is 2.70. The van der Waals surface area contributed by atoms with Gasteiger partial charge in [0.25, 0.3) is 0 Å². The van der Waals surface area contributed by atoms with Crippen LogP contribution < -0.4 is 10.6 Å². The van der Waals surface area contributed by atoms with Crippen LogP contribution >= 0.6 is 0 Å². The highest BCUT2D eigenvalue weighted by Crippen LogP contribution is 2.26. The second kappa shape index (κ2) is 6.23. The predicted molar refractivity (Wildman–Crippen MR) is 77.5 cm³/mol. The molecule has 1 saturated carbocycles. The standard InChI is InChI=1S/C15H18N2O3/c1-10-7-13(8-10)17-15(20)16-12-4-2-3-11(9-12)5-6-14(18)19/h2-6,9-10,13H,7-8H2,1H3,(H,18,19)(H2,16,17,20)/b6-5+. The van der Waals surface area contributed by atoms with E-state index in [1.54, 1.807) is 24.3 Å². The first-order chi connectivity index (χ1) is 9.52. The van der Waals surface area contributed by atoms with E-state index in [4.69, 9.17) is 5.11 Å². The molecule has 5 nitrogen and oxygen atoms in total. The molecule has 1 aromatic carbocycles. The van der Waals surface area contributed by atoms with E-state index < -0.39 is 5.97 Å². The maximum atomic E-state index is 11.8. The lowest BCUT2D eigenvalue weighted by Crippen LogP contribution is -2.45. The Bertz CT molecular complexity index is 534. The van der Waals surface area contributed by atoms with E-state index in [1.807, 2.05) is 0 Å². The molecule has 106 valence electrons. The molecule has 0 saturated heterocycles. The van der Waals surface area contributed by atoms with Gasteiger partial charge in [0.1, 0.15) is 0 Å². The Hall–Kier alpha value is -2.30. The summed E-state index contributed by atoms with van der Waals surface area (Å²) in [5, 5.41) is 14.2. The highest BCUT2D eigenvalue weighted by atomic mass is 16.4. The van der Waals surface area contributed by atoms with Crippen molar-refractivity contribution in [2.45, 2.75) is 25.8 Å². The van der Waals surface area contributed by atoms with Crippen molar-refractivity contribution in [3.63, 3.8) is 0 Å². The quantitative estimate of drug-likeness (QED) is 0.739. The summed E-state index contributed by atoms with van der Waals surface area (Å²) in [6, 6.07) is 7.07. The minimum atomic E-state index is -1.000. The number of carbonyl (C=O) groups is 2. The molecular weight excluding hydrogens is 256 g/mol. The molecule has 1 fully saturated rings. The lowest BCUT2D eigenvalue weighted by molar-refractivity contribution is -0.131. The Labute approximate surface area is 117 Å². The molecule has 0 heterocycles. The molecule has 0 aromatic heterocycles. The molecule has 1 aliphatic rings. The van der Waals surface area contributed by atoms with Crippen LogP contribution in [-0.2, 0) is 4.79 Å². The third-order valence-corrected chi connectivity index (χ3v) is 3.27. The van der Waals surface area contributed by atoms with Gasteiger partial charge in [-0.05, 0) is 42.5 Å². The molecule has 3 N–H and O–H groups in total. The highest BCUT2D eigenvalue weighted by molar-refractivity contribution is 5.90. The van der Waals surface area contributed by atoms with Crippen LogP contribution in [0.25, 0.3) is 6.08 Å². The lowest BCUT2D eigenvalue weighted by atomic mass is 9.82. The molecule has 2 amide bonds. The van der Waals surface area contributed by atoms with Crippen LogP contribution in [0.5, 0.6) is 0 Å². The van der Waals surface area contributed by atoms with E-state index in [-0.39, 0.29) is 12.1 Å². The summed E-state index contributed by atoms with van der Waals surface area (Å²) in [7, 11) is 0. The van der Waals surface area contributed by atoms with Crippen molar-refractivity contribution in [1.29, 1.82) is 0 Å². The fourth-order valence-electron chi connectivity index (χ4n) is 2.26. The van der Waals surface area contributed by atoms with Crippen LogP contribution in [0.15, 0.2) is 30.3 Å². The van der Waals surface area contributed by atoms with Crippen molar-refractivity contribution in [2.24, 2.45) is 5.92 Å². The van der Waals surface area contributed by atoms with Gasteiger partial charge in [-0.15, -0.1) is 0 Å². The van der Waals surface area contributed by atoms with Crippen molar-refractivity contribution in [3.8, 4) is 0 Å². The van der Waals surface area contributed by atoms with Gasteiger partial charge in [-0.25, -0.2) is 9.59 Å². The molecule has 0 atom stereocenters. The number of hydrogen-bond acceptors (Lipinski definition) is 2. The first-order valence-corrected chi connectivity index (χ1v) is 6.61. The Morgan fingerprint density at radius 1 is 1.35 bits per heavy atom. The Morgan fingerprint density at radius 3 is 2.75 bits per heavy atom. The summed E-state index contributed by atoms with van der Waals surface area (Å²) >= 11 is 0. The fraction of sp³-hybridized carbons (Fsp3) is 0.333. The van der Waals surface area contributed by atoms with Crippen molar-refractivity contribution in [2.75, 3.05) is 5.32 Å². The monoisotopic (exact) mass is 274 g/mol. The maximum absolute atomic E-state index is 11.8. The minimum Gasteiger partial charge on any atom is -0.478 e. The fourth-order valence-corrected chi connectivity index (χ4v) is 2.26. The molecule has 0 radical (unpaired) electrons. The number of anilines is 1. The number of nitrogens with one attached hydrogen (secondary N) is 2. The SMILES string of the molecule is CC1CC(NC(=O)Nc2cccc(/C=C/C(=O)O)c2)C1. The van der Waals surface area contributed by atoms with Crippen LogP contribution in [0.1, 0.15) is 25.3 Å². The molecule has 20 heavy (non-hydrogen) atoms. The molecule has 1 aliphatic carbocycles. The zero-order valence-electron chi connectivity index (χ0n) is 11.3. The van der Waals surface area contributed by atoms with E-state index in [0.29, 0.717) is 11.6 Å². The van der Waals surface area contributed by atoms with Gasteiger partial charge in [-0.3, -0.25) is 0 Å². The van der Waals surface area contributed by atoms with Gasteiger partial charge in [0.05, 0.1) is 0 Å². The van der Waals surface area contributed by atoms with E-state index in [2.05, 4.69) is 17.6 Å².